The summed E-state index contributed by atoms with van der Waals surface area (Å²) in [6.07, 6.45) is -3.45. The van der Waals surface area contributed by atoms with E-state index in [0.717, 1.165) is 4.68 Å². The van der Waals surface area contributed by atoms with Crippen molar-refractivity contribution in [3.8, 4) is 0 Å². The Morgan fingerprint density at radius 1 is 1.27 bits per heavy atom. The highest BCUT2D eigenvalue weighted by Crippen LogP contribution is 2.29. The Kier molecular flexibility index (Phi) is 4.04. The van der Waals surface area contributed by atoms with Gasteiger partial charge in [-0.05, 0) is 6.07 Å². The number of aromatic nitrogens is 4. The first-order valence-electron chi connectivity index (χ1n) is 6.00. The van der Waals surface area contributed by atoms with Crippen molar-refractivity contribution in [2.45, 2.75) is 23.7 Å². The maximum Gasteiger partial charge on any atom is 0.435 e. The van der Waals surface area contributed by atoms with E-state index in [1.807, 2.05) is 0 Å². The maximum absolute atomic E-state index is 12.6. The fourth-order valence-electron chi connectivity index (χ4n) is 1.90. The molecule has 0 atom stereocenters. The van der Waals surface area contributed by atoms with E-state index in [9.17, 15) is 21.6 Å². The lowest BCUT2D eigenvalue weighted by Crippen LogP contribution is -2.14. The van der Waals surface area contributed by atoms with E-state index >= 15 is 0 Å². The van der Waals surface area contributed by atoms with Crippen LogP contribution in [0.15, 0.2) is 17.4 Å². The predicted octanol–water partition coefficient (Wildman–Crippen LogP) is 0.639. The standard InChI is InChI=1S/C11H13F3N4O3S/c1-17-8(5-19)4-15-10(17)22(20,21)6-7-3-9(11(12,13)14)16-18(7)2/h3-4,19H,5-6H2,1-2H3. The first-order chi connectivity index (χ1) is 10.1. The molecule has 1 N–H and O–H groups in total. The van der Waals surface area contributed by atoms with Crippen LogP contribution in [0.5, 0.6) is 0 Å². The SMILES string of the molecule is Cn1nc(C(F)(F)F)cc1CS(=O)(=O)c1ncc(CO)n1C. The van der Waals surface area contributed by atoms with Crippen LogP contribution in [0.4, 0.5) is 13.2 Å². The Morgan fingerprint density at radius 2 is 1.91 bits per heavy atom. The molecule has 0 unspecified atom stereocenters. The molecule has 0 aliphatic rings. The number of halogens is 3. The minimum Gasteiger partial charge on any atom is -0.390 e. The van der Waals surface area contributed by atoms with E-state index in [1.165, 1.54) is 24.9 Å². The van der Waals surface area contributed by atoms with Crippen molar-refractivity contribution in [2.75, 3.05) is 0 Å². The molecule has 0 radical (unpaired) electrons. The summed E-state index contributed by atoms with van der Waals surface area (Å²) in [5.74, 6) is -0.678. The van der Waals surface area contributed by atoms with E-state index in [0.29, 0.717) is 6.07 Å². The van der Waals surface area contributed by atoms with E-state index in [1.54, 1.807) is 0 Å². The molecule has 122 valence electrons. The summed E-state index contributed by atoms with van der Waals surface area (Å²) in [5.41, 5.74) is -0.989. The quantitative estimate of drug-likeness (QED) is 0.883. The van der Waals surface area contributed by atoms with Gasteiger partial charge in [-0.15, -0.1) is 0 Å². The lowest BCUT2D eigenvalue weighted by Gasteiger charge is -2.06. The largest absolute Gasteiger partial charge is 0.435 e. The highest BCUT2D eigenvalue weighted by Gasteiger charge is 2.35. The zero-order chi connectivity index (χ0) is 16.7. The molecule has 0 amide bonds. The number of rotatable bonds is 4. The molecule has 0 aliphatic carbocycles. The van der Waals surface area contributed by atoms with Gasteiger partial charge in [-0.2, -0.15) is 18.3 Å². The molecule has 0 spiro atoms. The fraction of sp³-hybridized carbons (Fsp3) is 0.455. The highest BCUT2D eigenvalue weighted by atomic mass is 32.2. The summed E-state index contributed by atoms with van der Waals surface area (Å²) in [6.45, 7) is -0.400. The summed E-state index contributed by atoms with van der Waals surface area (Å²) >= 11 is 0. The van der Waals surface area contributed by atoms with Crippen LogP contribution in [0.25, 0.3) is 0 Å². The summed E-state index contributed by atoms with van der Waals surface area (Å²) in [4.78, 5) is 3.70. The number of aliphatic hydroxyl groups is 1. The normalized spacial score (nSPS) is 12.8. The minimum atomic E-state index is -4.65. The molecule has 22 heavy (non-hydrogen) atoms. The summed E-state index contributed by atoms with van der Waals surface area (Å²) in [7, 11) is -1.34. The van der Waals surface area contributed by atoms with Gasteiger partial charge < -0.3 is 9.67 Å². The van der Waals surface area contributed by atoms with Gasteiger partial charge in [0.25, 0.3) is 0 Å². The van der Waals surface area contributed by atoms with Crippen LogP contribution < -0.4 is 0 Å². The van der Waals surface area contributed by atoms with Gasteiger partial charge in [-0.25, -0.2) is 13.4 Å². The number of aliphatic hydroxyl groups excluding tert-OH is 1. The third kappa shape index (κ3) is 2.99. The van der Waals surface area contributed by atoms with Crippen molar-refractivity contribution in [1.82, 2.24) is 19.3 Å². The van der Waals surface area contributed by atoms with E-state index in [-0.39, 0.29) is 16.5 Å². The van der Waals surface area contributed by atoms with Crippen molar-refractivity contribution in [2.24, 2.45) is 14.1 Å². The number of hydrogen-bond donors (Lipinski definition) is 1. The molecule has 0 aromatic carbocycles. The highest BCUT2D eigenvalue weighted by molar-refractivity contribution is 7.90. The Morgan fingerprint density at radius 3 is 2.36 bits per heavy atom. The predicted molar refractivity (Wildman–Crippen MR) is 68.2 cm³/mol. The fourth-order valence-corrected chi connectivity index (χ4v) is 3.44. The van der Waals surface area contributed by atoms with Crippen LogP contribution in [-0.2, 0) is 42.5 Å². The van der Waals surface area contributed by atoms with Crippen LogP contribution in [0.2, 0.25) is 0 Å². The van der Waals surface area contributed by atoms with E-state index < -0.39 is 34.1 Å². The van der Waals surface area contributed by atoms with Crippen LogP contribution in [0, 0.1) is 0 Å². The zero-order valence-electron chi connectivity index (χ0n) is 11.7. The lowest BCUT2D eigenvalue weighted by molar-refractivity contribution is -0.141. The second-order valence-electron chi connectivity index (χ2n) is 4.65. The van der Waals surface area contributed by atoms with Gasteiger partial charge in [0.15, 0.2) is 5.69 Å². The van der Waals surface area contributed by atoms with Crippen molar-refractivity contribution < 1.29 is 26.7 Å². The number of imidazole rings is 1. The molecule has 0 fully saturated rings. The minimum absolute atomic E-state index is 0.110. The second-order valence-corrected chi connectivity index (χ2v) is 6.53. The molecule has 0 saturated carbocycles. The van der Waals surface area contributed by atoms with Gasteiger partial charge in [0.2, 0.25) is 15.0 Å². The molecule has 7 nitrogen and oxygen atoms in total. The summed E-state index contributed by atoms with van der Waals surface area (Å²) < 4.78 is 64.3. The Labute approximate surface area is 123 Å². The molecule has 2 aromatic heterocycles. The summed E-state index contributed by atoms with van der Waals surface area (Å²) in [6, 6.07) is 0.688. The van der Waals surface area contributed by atoms with Crippen LogP contribution >= 0.6 is 0 Å². The topological polar surface area (TPSA) is 90.0 Å². The van der Waals surface area contributed by atoms with Crippen LogP contribution in [0.3, 0.4) is 0 Å². The number of aryl methyl sites for hydroxylation is 1. The third-order valence-corrected chi connectivity index (χ3v) is 4.70. The smallest absolute Gasteiger partial charge is 0.390 e. The Hall–Kier alpha value is -1.88. The summed E-state index contributed by atoms with van der Waals surface area (Å²) in [5, 5.41) is 12.0. The molecule has 2 heterocycles. The number of nitrogens with zero attached hydrogens (tertiary/aromatic N) is 4. The molecule has 0 aliphatic heterocycles. The van der Waals surface area contributed by atoms with Crippen molar-refractivity contribution >= 4 is 9.84 Å². The maximum atomic E-state index is 12.6. The first-order valence-corrected chi connectivity index (χ1v) is 7.66. The molecule has 2 aromatic rings. The Bertz CT molecular complexity index is 792. The molecule has 0 bridgehead atoms. The lowest BCUT2D eigenvalue weighted by atomic mass is 10.4. The van der Waals surface area contributed by atoms with E-state index in [4.69, 9.17) is 5.11 Å². The van der Waals surface area contributed by atoms with Gasteiger partial charge in [-0.1, -0.05) is 0 Å². The molecule has 11 heteroatoms. The molecule has 0 saturated heterocycles. The van der Waals surface area contributed by atoms with Crippen molar-refractivity contribution in [3.05, 3.63) is 29.3 Å². The number of alkyl halides is 3. The second kappa shape index (κ2) is 5.39. The number of hydrogen-bond acceptors (Lipinski definition) is 5. The van der Waals surface area contributed by atoms with Gasteiger partial charge in [0.05, 0.1) is 29.9 Å². The average molecular weight is 338 g/mol. The first kappa shape index (κ1) is 16.5. The van der Waals surface area contributed by atoms with Crippen LogP contribution in [-0.4, -0.2) is 32.9 Å². The monoisotopic (exact) mass is 338 g/mol. The van der Waals surface area contributed by atoms with Crippen LogP contribution in [0.1, 0.15) is 17.1 Å². The third-order valence-electron chi connectivity index (χ3n) is 3.09. The van der Waals surface area contributed by atoms with Crippen molar-refractivity contribution in [1.29, 1.82) is 0 Å². The number of sulfone groups is 1. The zero-order valence-corrected chi connectivity index (χ0v) is 12.5. The molecular formula is C11H13F3N4O3S. The van der Waals surface area contributed by atoms with Gasteiger partial charge in [0.1, 0.15) is 0 Å². The molecular weight excluding hydrogens is 325 g/mol. The Balaban J connectivity index is 2.37. The molecule has 2 rings (SSSR count). The van der Waals surface area contributed by atoms with Gasteiger partial charge in [-0.3, -0.25) is 4.68 Å². The van der Waals surface area contributed by atoms with E-state index in [2.05, 4.69) is 10.1 Å². The van der Waals surface area contributed by atoms with Gasteiger partial charge in [0, 0.05) is 14.1 Å². The van der Waals surface area contributed by atoms with Crippen molar-refractivity contribution in [3.63, 3.8) is 0 Å². The van der Waals surface area contributed by atoms with Gasteiger partial charge >= 0.3 is 6.18 Å². The average Bonchev–Trinajstić information content (AvgIpc) is 2.93.